The fraction of sp³-hybridized carbons (Fsp3) is 0. The lowest BCUT2D eigenvalue weighted by atomic mass is 10.2. The van der Waals surface area contributed by atoms with Crippen molar-refractivity contribution in [2.24, 2.45) is 0 Å². The van der Waals surface area contributed by atoms with Gasteiger partial charge in [-0.2, -0.15) is 0 Å². The first-order valence-electron chi connectivity index (χ1n) is 3.80. The Hall–Kier alpha value is -2.31. The van der Waals surface area contributed by atoms with E-state index in [0.29, 0.717) is 15.9 Å². The lowest BCUT2D eigenvalue weighted by Crippen LogP contribution is -2.38. The van der Waals surface area contributed by atoms with Crippen LogP contribution in [0.2, 0.25) is 0 Å². The number of nitrogens with two attached hydrogens (primary N) is 3. The highest BCUT2D eigenvalue weighted by Crippen LogP contribution is 2.26. The monoisotopic (exact) mass is 195 g/mol. The molecule has 7 heteroatoms. The first kappa shape index (κ1) is 8.30. The van der Waals surface area contributed by atoms with Crippen molar-refractivity contribution in [1.29, 1.82) is 0 Å². The molecule has 0 aliphatic heterocycles. The lowest BCUT2D eigenvalue weighted by Gasteiger charge is -2.01. The molecule has 7 N–H and O–H groups in total. The zero-order chi connectivity index (χ0) is 10.5. The van der Waals surface area contributed by atoms with Crippen LogP contribution in [0.25, 0.3) is 10.9 Å². The Balaban J connectivity index is 3.02. The second-order valence-corrected chi connectivity index (χ2v) is 2.95. The molecule has 2 aromatic rings. The molecule has 0 aliphatic carbocycles. The Morgan fingerprint density at radius 3 is 2.57 bits per heavy atom. The molecule has 0 bridgehead atoms. The van der Waals surface area contributed by atoms with Gasteiger partial charge in [-0.3, -0.25) is 5.73 Å². The van der Waals surface area contributed by atoms with Crippen molar-refractivity contribution in [1.82, 2.24) is 4.85 Å². The number of fused-ring (bicyclic) bond motifs is 1. The fourth-order valence-corrected chi connectivity index (χ4v) is 1.39. The number of aromatic nitrogens is 2. The third kappa shape index (κ3) is 0.830. The molecular weight excluding hydrogens is 186 g/mol. The minimum atomic E-state index is -0.137. The van der Waals surface area contributed by atoms with Gasteiger partial charge in [0.05, 0.1) is 5.69 Å². The van der Waals surface area contributed by atoms with E-state index in [-0.39, 0.29) is 21.9 Å². The zero-order valence-electron chi connectivity index (χ0n) is 7.14. The van der Waals surface area contributed by atoms with E-state index >= 15 is 0 Å². The Labute approximate surface area is 78.4 Å². The number of anilines is 3. The maximum atomic E-state index is 11.2. The predicted molar refractivity (Wildman–Crippen MR) is 51.3 cm³/mol. The summed E-state index contributed by atoms with van der Waals surface area (Å²) < 4.78 is 0. The van der Waals surface area contributed by atoms with Gasteiger partial charge in [0.25, 0.3) is 0 Å². The number of hydrogen-bond acceptors (Lipinski definition) is 5. The van der Waals surface area contributed by atoms with Gasteiger partial charge < -0.3 is 21.9 Å². The standard InChI is InChI=1S/C7H9N5O2/c8-3-1-4-6(5(9)2-3)11(13)12(14)7(4)10/h1-2,13H,8-10H2. The lowest BCUT2D eigenvalue weighted by molar-refractivity contribution is -0.709. The number of benzene rings is 1. The van der Waals surface area contributed by atoms with E-state index in [4.69, 9.17) is 17.2 Å². The first-order valence-corrected chi connectivity index (χ1v) is 3.80. The molecule has 0 atom stereocenters. The van der Waals surface area contributed by atoms with Gasteiger partial charge in [-0.1, -0.05) is 0 Å². The molecule has 0 aliphatic rings. The van der Waals surface area contributed by atoms with Crippen LogP contribution in [0.5, 0.6) is 0 Å². The molecule has 74 valence electrons. The van der Waals surface area contributed by atoms with Crippen molar-refractivity contribution >= 4 is 28.1 Å². The third-order valence-electron chi connectivity index (χ3n) is 2.02. The minimum Gasteiger partial charge on any atom is -0.690 e. The summed E-state index contributed by atoms with van der Waals surface area (Å²) in [5.74, 6) is -0.137. The van der Waals surface area contributed by atoms with Crippen LogP contribution in [0.3, 0.4) is 0 Å². The average molecular weight is 195 g/mol. The summed E-state index contributed by atoms with van der Waals surface area (Å²) >= 11 is 0. The second-order valence-electron chi connectivity index (χ2n) is 2.95. The summed E-state index contributed by atoms with van der Waals surface area (Å²) in [7, 11) is 0. The molecule has 0 spiro atoms. The van der Waals surface area contributed by atoms with E-state index in [1.54, 1.807) is 0 Å². The molecule has 2 rings (SSSR count). The summed E-state index contributed by atoms with van der Waals surface area (Å²) in [6.45, 7) is 0. The van der Waals surface area contributed by atoms with Crippen molar-refractivity contribution in [2.45, 2.75) is 0 Å². The normalized spacial score (nSPS) is 10.9. The molecule has 0 radical (unpaired) electrons. The van der Waals surface area contributed by atoms with Crippen LogP contribution in [0, 0.1) is 5.21 Å². The summed E-state index contributed by atoms with van der Waals surface area (Å²) in [6, 6.07) is 2.91. The van der Waals surface area contributed by atoms with Gasteiger partial charge in [-0.25, -0.2) is 0 Å². The van der Waals surface area contributed by atoms with Crippen LogP contribution in [-0.2, 0) is 0 Å². The van der Waals surface area contributed by atoms with Gasteiger partial charge in [0.1, 0.15) is 5.39 Å². The van der Waals surface area contributed by atoms with Gasteiger partial charge in [0.15, 0.2) is 5.52 Å². The predicted octanol–water partition coefficient (Wildman–Crippen LogP) is -0.741. The van der Waals surface area contributed by atoms with Crippen LogP contribution in [-0.4, -0.2) is 10.1 Å². The average Bonchev–Trinajstić information content (AvgIpc) is 2.31. The first-order chi connectivity index (χ1) is 6.52. The number of nitrogen functional groups attached to an aromatic ring is 3. The molecule has 0 amide bonds. The Kier molecular flexibility index (Phi) is 1.39. The maximum absolute atomic E-state index is 11.2. The quantitative estimate of drug-likeness (QED) is 0.190. The largest absolute Gasteiger partial charge is 0.690 e. The molecule has 0 fully saturated rings. The fourth-order valence-electron chi connectivity index (χ4n) is 1.39. The summed E-state index contributed by atoms with van der Waals surface area (Å²) in [4.78, 5) is 0.486. The smallest absolute Gasteiger partial charge is 0.307 e. The highest BCUT2D eigenvalue weighted by molar-refractivity contribution is 5.97. The Morgan fingerprint density at radius 1 is 1.29 bits per heavy atom. The molecule has 14 heavy (non-hydrogen) atoms. The summed E-state index contributed by atoms with van der Waals surface area (Å²) in [5.41, 5.74) is 17.3. The topological polar surface area (TPSA) is 130 Å². The minimum absolute atomic E-state index is 0.137. The molecule has 0 saturated heterocycles. The molecule has 0 unspecified atom stereocenters. The maximum Gasteiger partial charge on any atom is 0.307 e. The van der Waals surface area contributed by atoms with Crippen LogP contribution in [0.15, 0.2) is 12.1 Å². The van der Waals surface area contributed by atoms with Crippen molar-refractivity contribution < 1.29 is 10.1 Å². The van der Waals surface area contributed by atoms with Crippen molar-refractivity contribution in [3.05, 3.63) is 17.3 Å². The molecule has 1 heterocycles. The van der Waals surface area contributed by atoms with Crippen molar-refractivity contribution in [3.8, 4) is 0 Å². The second kappa shape index (κ2) is 2.34. The SMILES string of the molecule is Nc1cc(N)c2c(c1)c(N)[n+]([O-])n2O. The summed E-state index contributed by atoms with van der Waals surface area (Å²) in [6.07, 6.45) is 0. The van der Waals surface area contributed by atoms with E-state index in [0.717, 1.165) is 0 Å². The van der Waals surface area contributed by atoms with Gasteiger partial charge in [0.2, 0.25) is 0 Å². The Morgan fingerprint density at radius 2 is 1.93 bits per heavy atom. The molecule has 0 saturated carbocycles. The van der Waals surface area contributed by atoms with E-state index in [1.165, 1.54) is 12.1 Å². The molecule has 7 nitrogen and oxygen atoms in total. The molecular formula is C7H9N5O2. The van der Waals surface area contributed by atoms with Crippen LogP contribution < -0.4 is 22.0 Å². The third-order valence-corrected chi connectivity index (χ3v) is 2.02. The van der Waals surface area contributed by atoms with Crippen LogP contribution >= 0.6 is 0 Å². The Bertz CT molecular complexity index is 519. The summed E-state index contributed by atoms with van der Waals surface area (Å²) in [5, 5.41) is 20.8. The van der Waals surface area contributed by atoms with Gasteiger partial charge in [-0.15, -0.1) is 4.85 Å². The van der Waals surface area contributed by atoms with Gasteiger partial charge >= 0.3 is 5.82 Å². The number of hydrogen-bond donors (Lipinski definition) is 4. The van der Waals surface area contributed by atoms with E-state index in [9.17, 15) is 10.4 Å². The highest BCUT2D eigenvalue weighted by Gasteiger charge is 2.17. The zero-order valence-corrected chi connectivity index (χ0v) is 7.14. The highest BCUT2D eigenvalue weighted by atomic mass is 16.6. The van der Waals surface area contributed by atoms with Crippen molar-refractivity contribution in [3.63, 3.8) is 0 Å². The van der Waals surface area contributed by atoms with Crippen molar-refractivity contribution in [2.75, 3.05) is 17.2 Å². The van der Waals surface area contributed by atoms with Crippen LogP contribution in [0.1, 0.15) is 0 Å². The molecule has 1 aromatic heterocycles. The van der Waals surface area contributed by atoms with E-state index in [2.05, 4.69) is 0 Å². The van der Waals surface area contributed by atoms with E-state index < -0.39 is 0 Å². The number of rotatable bonds is 0. The van der Waals surface area contributed by atoms with Gasteiger partial charge in [0, 0.05) is 5.69 Å². The van der Waals surface area contributed by atoms with Gasteiger partial charge in [-0.05, 0) is 17.0 Å². The number of nitrogens with zero attached hydrogens (tertiary/aromatic N) is 2. The van der Waals surface area contributed by atoms with Crippen LogP contribution in [0.4, 0.5) is 17.2 Å². The van der Waals surface area contributed by atoms with E-state index in [1.807, 2.05) is 0 Å². The molecule has 1 aromatic carbocycles.